The third-order valence-electron chi connectivity index (χ3n) is 3.43. The van der Waals surface area contributed by atoms with Crippen molar-refractivity contribution in [1.29, 1.82) is 0 Å². The standard InChI is InChI=1S/C16H12N4O4/c17-10-3-1-9-2-5-13(16(22)12(9)7-10)18-19-14-8-11(20(23)24)4-6-15(14)21/h1-8,21-22H,17H2/b19-18+. The minimum absolute atomic E-state index is 0.0729. The fraction of sp³-hybridized carbons (Fsp3) is 0. The van der Waals surface area contributed by atoms with Crippen molar-refractivity contribution < 1.29 is 15.1 Å². The number of hydrogen-bond acceptors (Lipinski definition) is 7. The first-order valence-corrected chi connectivity index (χ1v) is 6.86. The molecule has 8 heteroatoms. The lowest BCUT2D eigenvalue weighted by molar-refractivity contribution is -0.384. The van der Waals surface area contributed by atoms with Crippen molar-refractivity contribution in [3.63, 3.8) is 0 Å². The first-order chi connectivity index (χ1) is 11.5. The van der Waals surface area contributed by atoms with E-state index in [1.54, 1.807) is 30.3 Å². The predicted molar refractivity (Wildman–Crippen MR) is 89.0 cm³/mol. The highest BCUT2D eigenvalue weighted by Gasteiger charge is 2.11. The number of hydrogen-bond donors (Lipinski definition) is 3. The molecule has 3 aromatic carbocycles. The maximum Gasteiger partial charge on any atom is 0.271 e. The van der Waals surface area contributed by atoms with Crippen molar-refractivity contribution in [2.24, 2.45) is 10.2 Å². The number of non-ortho nitro benzene ring substituents is 1. The number of nitrogens with zero attached hydrogens (tertiary/aromatic N) is 3. The number of phenols is 2. The summed E-state index contributed by atoms with van der Waals surface area (Å²) in [6.07, 6.45) is 0. The topological polar surface area (TPSA) is 134 Å². The fourth-order valence-corrected chi connectivity index (χ4v) is 2.20. The number of azo groups is 1. The molecule has 0 aromatic heterocycles. The molecule has 24 heavy (non-hydrogen) atoms. The Hall–Kier alpha value is -3.68. The summed E-state index contributed by atoms with van der Waals surface area (Å²) in [5, 5.41) is 39.7. The number of nitrogen functional groups attached to an aromatic ring is 1. The number of rotatable bonds is 3. The highest BCUT2D eigenvalue weighted by molar-refractivity contribution is 5.94. The Balaban J connectivity index is 2.03. The molecule has 8 nitrogen and oxygen atoms in total. The summed E-state index contributed by atoms with van der Waals surface area (Å²) in [6, 6.07) is 11.8. The van der Waals surface area contributed by atoms with Crippen molar-refractivity contribution in [3.05, 3.63) is 58.6 Å². The first kappa shape index (κ1) is 15.2. The van der Waals surface area contributed by atoms with E-state index in [2.05, 4.69) is 10.2 Å². The van der Waals surface area contributed by atoms with Crippen LogP contribution in [0.15, 0.2) is 58.8 Å². The monoisotopic (exact) mass is 324 g/mol. The molecule has 3 rings (SSSR count). The van der Waals surface area contributed by atoms with Gasteiger partial charge in [0.15, 0.2) is 5.75 Å². The average Bonchev–Trinajstić information content (AvgIpc) is 2.56. The largest absolute Gasteiger partial charge is 0.506 e. The van der Waals surface area contributed by atoms with E-state index in [0.29, 0.717) is 11.1 Å². The number of nitro groups is 1. The van der Waals surface area contributed by atoms with Crippen LogP contribution in [0.25, 0.3) is 10.8 Å². The second-order valence-corrected chi connectivity index (χ2v) is 5.04. The van der Waals surface area contributed by atoms with Gasteiger partial charge in [-0.15, -0.1) is 10.2 Å². The minimum atomic E-state index is -0.602. The lowest BCUT2D eigenvalue weighted by atomic mass is 10.1. The van der Waals surface area contributed by atoms with E-state index < -0.39 is 4.92 Å². The molecule has 0 bridgehead atoms. The van der Waals surface area contributed by atoms with Crippen LogP contribution >= 0.6 is 0 Å². The molecule has 0 saturated heterocycles. The minimum Gasteiger partial charge on any atom is -0.506 e. The van der Waals surface area contributed by atoms with Gasteiger partial charge in [0.2, 0.25) is 0 Å². The predicted octanol–water partition coefficient (Wildman–Crippen LogP) is 4.16. The van der Waals surface area contributed by atoms with E-state index >= 15 is 0 Å². The molecule has 0 aliphatic carbocycles. The summed E-state index contributed by atoms with van der Waals surface area (Å²) in [5.74, 6) is -0.373. The fourth-order valence-electron chi connectivity index (χ4n) is 2.20. The first-order valence-electron chi connectivity index (χ1n) is 6.86. The number of fused-ring (bicyclic) bond motifs is 1. The Morgan fingerprint density at radius 3 is 2.42 bits per heavy atom. The molecule has 0 atom stereocenters. The van der Waals surface area contributed by atoms with Crippen LogP contribution in [-0.4, -0.2) is 15.1 Å². The zero-order chi connectivity index (χ0) is 17.3. The van der Waals surface area contributed by atoms with Crippen molar-refractivity contribution in [2.45, 2.75) is 0 Å². The quantitative estimate of drug-likeness (QED) is 0.288. The van der Waals surface area contributed by atoms with Crippen LogP contribution in [0, 0.1) is 10.1 Å². The summed E-state index contributed by atoms with van der Waals surface area (Å²) < 4.78 is 0. The molecule has 120 valence electrons. The maximum atomic E-state index is 10.8. The number of aromatic hydroxyl groups is 2. The van der Waals surface area contributed by atoms with Crippen molar-refractivity contribution in [1.82, 2.24) is 0 Å². The Labute approximate surface area is 135 Å². The van der Waals surface area contributed by atoms with Crippen LogP contribution < -0.4 is 5.73 Å². The van der Waals surface area contributed by atoms with Gasteiger partial charge in [-0.3, -0.25) is 10.1 Å². The van der Waals surface area contributed by atoms with Gasteiger partial charge in [-0.1, -0.05) is 12.1 Å². The molecule has 0 aliphatic heterocycles. The lowest BCUT2D eigenvalue weighted by Crippen LogP contribution is -1.86. The highest BCUT2D eigenvalue weighted by Crippen LogP contribution is 2.38. The second-order valence-electron chi connectivity index (χ2n) is 5.04. The van der Waals surface area contributed by atoms with Crippen molar-refractivity contribution in [2.75, 3.05) is 5.73 Å². The van der Waals surface area contributed by atoms with Gasteiger partial charge in [0.25, 0.3) is 5.69 Å². The molecular formula is C16H12N4O4. The number of anilines is 1. The Morgan fingerprint density at radius 2 is 1.67 bits per heavy atom. The summed E-state index contributed by atoms with van der Waals surface area (Å²) in [6.45, 7) is 0. The molecule has 3 aromatic rings. The van der Waals surface area contributed by atoms with Gasteiger partial charge in [0.05, 0.1) is 4.92 Å². The number of phenolic OH excluding ortho intramolecular Hbond substituents is 2. The third-order valence-corrected chi connectivity index (χ3v) is 3.43. The molecule has 0 aliphatic rings. The van der Waals surface area contributed by atoms with Gasteiger partial charge in [-0.2, -0.15) is 0 Å². The normalized spacial score (nSPS) is 11.2. The van der Waals surface area contributed by atoms with Gasteiger partial charge in [0, 0.05) is 23.2 Å². The summed E-state index contributed by atoms with van der Waals surface area (Å²) >= 11 is 0. The molecule has 0 saturated carbocycles. The Morgan fingerprint density at radius 1 is 0.958 bits per heavy atom. The third kappa shape index (κ3) is 2.80. The van der Waals surface area contributed by atoms with E-state index in [0.717, 1.165) is 23.6 Å². The van der Waals surface area contributed by atoms with E-state index in [1.807, 2.05) is 0 Å². The van der Waals surface area contributed by atoms with Crippen molar-refractivity contribution in [3.8, 4) is 11.5 Å². The smallest absolute Gasteiger partial charge is 0.271 e. The van der Waals surface area contributed by atoms with E-state index in [4.69, 9.17) is 5.73 Å². The number of nitrogens with two attached hydrogens (primary N) is 1. The second kappa shape index (κ2) is 5.84. The molecular weight excluding hydrogens is 312 g/mol. The van der Waals surface area contributed by atoms with Crippen LogP contribution in [-0.2, 0) is 0 Å². The molecule has 0 heterocycles. The van der Waals surface area contributed by atoms with Crippen molar-refractivity contribution >= 4 is 33.5 Å². The van der Waals surface area contributed by atoms with Gasteiger partial charge < -0.3 is 15.9 Å². The average molecular weight is 324 g/mol. The zero-order valence-corrected chi connectivity index (χ0v) is 12.2. The molecule has 0 unspecified atom stereocenters. The maximum absolute atomic E-state index is 10.8. The van der Waals surface area contributed by atoms with Crippen LogP contribution in [0.3, 0.4) is 0 Å². The van der Waals surface area contributed by atoms with Gasteiger partial charge in [-0.05, 0) is 29.7 Å². The van der Waals surface area contributed by atoms with Crippen LogP contribution in [0.1, 0.15) is 0 Å². The lowest BCUT2D eigenvalue weighted by Gasteiger charge is -2.05. The summed E-state index contributed by atoms with van der Waals surface area (Å²) in [4.78, 5) is 10.2. The van der Waals surface area contributed by atoms with Gasteiger partial charge >= 0.3 is 0 Å². The van der Waals surface area contributed by atoms with Gasteiger partial charge in [0.1, 0.15) is 17.1 Å². The van der Waals surface area contributed by atoms with Crippen LogP contribution in [0.2, 0.25) is 0 Å². The van der Waals surface area contributed by atoms with Gasteiger partial charge in [-0.25, -0.2) is 0 Å². The van der Waals surface area contributed by atoms with Crippen LogP contribution in [0.4, 0.5) is 22.7 Å². The molecule has 0 amide bonds. The highest BCUT2D eigenvalue weighted by atomic mass is 16.6. The summed E-state index contributed by atoms with van der Waals surface area (Å²) in [7, 11) is 0. The Kier molecular flexibility index (Phi) is 3.70. The SMILES string of the molecule is Nc1ccc2ccc(/N=N/c3cc([N+](=O)[O-])ccc3O)c(O)c2c1. The zero-order valence-electron chi connectivity index (χ0n) is 12.2. The number of nitro benzene ring substituents is 1. The summed E-state index contributed by atoms with van der Waals surface area (Å²) in [5.41, 5.74) is 6.05. The van der Waals surface area contributed by atoms with E-state index in [9.17, 15) is 20.3 Å². The van der Waals surface area contributed by atoms with E-state index in [-0.39, 0.29) is 28.6 Å². The molecule has 0 fully saturated rings. The van der Waals surface area contributed by atoms with E-state index in [1.165, 1.54) is 0 Å². The molecule has 0 spiro atoms. The molecule has 4 N–H and O–H groups in total. The number of benzene rings is 3. The van der Waals surface area contributed by atoms with Crippen LogP contribution in [0.5, 0.6) is 11.5 Å². The molecule has 0 radical (unpaired) electrons. The Bertz CT molecular complexity index is 985.